The van der Waals surface area contributed by atoms with Gasteiger partial charge in [-0.1, -0.05) is 12.1 Å². The Morgan fingerprint density at radius 1 is 1.24 bits per heavy atom. The molecule has 2 N–H and O–H groups in total. The molecule has 0 saturated heterocycles. The number of hydrogen-bond donors (Lipinski definition) is 2. The van der Waals surface area contributed by atoms with E-state index in [4.69, 9.17) is 14.6 Å². The zero-order valence-corrected chi connectivity index (χ0v) is 10.6. The van der Waals surface area contributed by atoms with Gasteiger partial charge in [0.1, 0.15) is 5.82 Å². The van der Waals surface area contributed by atoms with E-state index in [1.165, 1.54) is 12.1 Å². The normalized spacial score (nSPS) is 11.4. The molecule has 1 aromatic carbocycles. The molecule has 2 rings (SSSR count). The molecule has 2 aromatic rings. The second-order valence-electron chi connectivity index (χ2n) is 4.12. The number of nitrogens with zero attached hydrogens (tertiary/aromatic N) is 1. The van der Waals surface area contributed by atoms with Crippen LogP contribution in [0.1, 0.15) is 22.0 Å². The summed E-state index contributed by atoms with van der Waals surface area (Å²) in [5.41, 5.74) is 0.737. The molecule has 1 heterocycles. The van der Waals surface area contributed by atoms with Crippen molar-refractivity contribution < 1.29 is 28.6 Å². The topological polar surface area (TPSA) is 101 Å². The van der Waals surface area contributed by atoms with E-state index >= 15 is 0 Å². The van der Waals surface area contributed by atoms with Gasteiger partial charge in [-0.25, -0.2) is 14.2 Å². The maximum Gasteiger partial charge on any atom is 0.371 e. The van der Waals surface area contributed by atoms with Crippen molar-refractivity contribution in [3.8, 4) is 0 Å². The first kappa shape index (κ1) is 14.4. The van der Waals surface area contributed by atoms with E-state index in [-0.39, 0.29) is 23.9 Å². The number of ketones is 1. The Hall–Kier alpha value is -2.96. The van der Waals surface area contributed by atoms with Gasteiger partial charge in [0.15, 0.2) is 11.7 Å². The highest BCUT2D eigenvalue weighted by atomic mass is 19.1. The number of carbonyl (C=O) groups is 2. The molecular weight excluding hydrogens is 281 g/mol. The quantitative estimate of drug-likeness (QED) is 0.497. The molecule has 7 heteroatoms. The number of oxazole rings is 1. The van der Waals surface area contributed by atoms with E-state index in [1.807, 2.05) is 0 Å². The minimum absolute atomic E-state index is 0.195. The number of carbonyl (C=O) groups excluding carboxylic acids is 1. The standard InChI is InChI=1S/C14H10FNO5/c15-9-3-1-8(2-4-9)5-13-16-7-12(21-13)10(17)6-11(18)14(19)20/h1-4,6-7,18H,5H2,(H,19,20). The summed E-state index contributed by atoms with van der Waals surface area (Å²) in [6.07, 6.45) is 1.92. The third kappa shape index (κ3) is 3.75. The summed E-state index contributed by atoms with van der Waals surface area (Å²) in [5, 5.41) is 17.4. The Labute approximate surface area is 118 Å². The number of allylic oxidation sites excluding steroid dienone is 1. The summed E-state index contributed by atoms with van der Waals surface area (Å²) in [5.74, 6) is -3.86. The largest absolute Gasteiger partial charge is 0.502 e. The minimum Gasteiger partial charge on any atom is -0.502 e. The van der Waals surface area contributed by atoms with Gasteiger partial charge in [0.25, 0.3) is 0 Å². The van der Waals surface area contributed by atoms with Crippen LogP contribution in [0, 0.1) is 5.82 Å². The first-order chi connectivity index (χ1) is 9.95. The van der Waals surface area contributed by atoms with Crippen molar-refractivity contribution in [2.45, 2.75) is 6.42 Å². The van der Waals surface area contributed by atoms with E-state index in [0.717, 1.165) is 11.8 Å². The first-order valence-corrected chi connectivity index (χ1v) is 5.83. The van der Waals surface area contributed by atoms with Gasteiger partial charge in [-0.3, -0.25) is 4.79 Å². The number of aliphatic carboxylic acids is 1. The van der Waals surface area contributed by atoms with Crippen LogP contribution in [0.3, 0.4) is 0 Å². The SMILES string of the molecule is O=C(O)C(O)=CC(=O)c1cnc(Cc2ccc(F)cc2)o1. The highest BCUT2D eigenvalue weighted by molar-refractivity contribution is 6.05. The van der Waals surface area contributed by atoms with Crippen LogP contribution in [0.5, 0.6) is 0 Å². The number of hydrogen-bond acceptors (Lipinski definition) is 5. The molecule has 0 saturated carbocycles. The molecule has 0 aliphatic heterocycles. The van der Waals surface area contributed by atoms with Crippen molar-refractivity contribution in [1.82, 2.24) is 4.98 Å². The average molecular weight is 291 g/mol. The minimum atomic E-state index is -1.62. The van der Waals surface area contributed by atoms with Gasteiger partial charge in [-0.15, -0.1) is 0 Å². The molecule has 108 valence electrons. The molecule has 0 aliphatic rings. The summed E-state index contributed by atoms with van der Waals surface area (Å²) >= 11 is 0. The third-order valence-corrected chi connectivity index (χ3v) is 2.55. The Morgan fingerprint density at radius 3 is 2.52 bits per heavy atom. The fourth-order valence-electron chi connectivity index (χ4n) is 1.54. The summed E-state index contributed by atoms with van der Waals surface area (Å²) in [6.45, 7) is 0. The van der Waals surface area contributed by atoms with Gasteiger partial charge in [0, 0.05) is 12.5 Å². The molecule has 0 bridgehead atoms. The molecule has 0 unspecified atom stereocenters. The van der Waals surface area contributed by atoms with Gasteiger partial charge >= 0.3 is 5.97 Å². The lowest BCUT2D eigenvalue weighted by atomic mass is 10.1. The lowest BCUT2D eigenvalue weighted by Gasteiger charge is -1.96. The van der Waals surface area contributed by atoms with Crippen LogP contribution in [-0.2, 0) is 11.2 Å². The second kappa shape index (κ2) is 6.00. The summed E-state index contributed by atoms with van der Waals surface area (Å²) < 4.78 is 17.9. The molecule has 1 aromatic heterocycles. The van der Waals surface area contributed by atoms with E-state index < -0.39 is 17.5 Å². The maximum atomic E-state index is 12.8. The van der Waals surface area contributed by atoms with Gasteiger partial charge in [-0.05, 0) is 17.7 Å². The van der Waals surface area contributed by atoms with Gasteiger partial charge in [-0.2, -0.15) is 0 Å². The van der Waals surface area contributed by atoms with Crippen LogP contribution in [0.25, 0.3) is 0 Å². The number of carboxylic acids is 1. The molecule has 21 heavy (non-hydrogen) atoms. The van der Waals surface area contributed by atoms with E-state index in [9.17, 15) is 14.0 Å². The van der Waals surface area contributed by atoms with Gasteiger partial charge < -0.3 is 14.6 Å². The number of aromatic nitrogens is 1. The lowest BCUT2D eigenvalue weighted by molar-refractivity contribution is -0.135. The highest BCUT2D eigenvalue weighted by Crippen LogP contribution is 2.12. The monoisotopic (exact) mass is 291 g/mol. The van der Waals surface area contributed by atoms with Crippen molar-refractivity contribution >= 4 is 11.8 Å². The predicted molar refractivity (Wildman–Crippen MR) is 68.4 cm³/mol. The number of rotatable bonds is 5. The number of benzene rings is 1. The van der Waals surface area contributed by atoms with Gasteiger partial charge in [0.05, 0.1) is 6.20 Å². The van der Waals surface area contributed by atoms with E-state index in [2.05, 4.69) is 4.98 Å². The predicted octanol–water partition coefficient (Wildman–Crippen LogP) is 2.11. The summed E-state index contributed by atoms with van der Waals surface area (Å²) in [6, 6.07) is 5.68. The number of carboxylic acid groups (broad SMARTS) is 1. The van der Waals surface area contributed by atoms with Crippen LogP contribution in [0.15, 0.2) is 46.7 Å². The molecule has 0 aliphatic carbocycles. The second-order valence-corrected chi connectivity index (χ2v) is 4.12. The van der Waals surface area contributed by atoms with Crippen molar-refractivity contribution in [3.05, 3.63) is 65.3 Å². The smallest absolute Gasteiger partial charge is 0.371 e. The third-order valence-electron chi connectivity index (χ3n) is 2.55. The average Bonchev–Trinajstić information content (AvgIpc) is 2.90. The van der Waals surface area contributed by atoms with Crippen molar-refractivity contribution in [1.29, 1.82) is 0 Å². The first-order valence-electron chi connectivity index (χ1n) is 5.83. The fraction of sp³-hybridized carbons (Fsp3) is 0.0714. The van der Waals surface area contributed by atoms with E-state index in [0.29, 0.717) is 6.08 Å². The van der Waals surface area contributed by atoms with Crippen molar-refractivity contribution in [3.63, 3.8) is 0 Å². The van der Waals surface area contributed by atoms with Crippen molar-refractivity contribution in [2.75, 3.05) is 0 Å². The van der Waals surface area contributed by atoms with Crippen LogP contribution >= 0.6 is 0 Å². The van der Waals surface area contributed by atoms with E-state index in [1.54, 1.807) is 12.1 Å². The zero-order chi connectivity index (χ0) is 15.4. The number of aliphatic hydroxyl groups is 1. The molecular formula is C14H10FNO5. The molecule has 6 nitrogen and oxygen atoms in total. The number of halogens is 1. The molecule has 0 spiro atoms. The lowest BCUT2D eigenvalue weighted by Crippen LogP contribution is -2.03. The van der Waals surface area contributed by atoms with Crippen LogP contribution < -0.4 is 0 Å². The van der Waals surface area contributed by atoms with Crippen LogP contribution in [0.4, 0.5) is 4.39 Å². The van der Waals surface area contributed by atoms with Gasteiger partial charge in [0.2, 0.25) is 11.5 Å². The van der Waals surface area contributed by atoms with Crippen LogP contribution in [-0.4, -0.2) is 26.9 Å². The summed E-state index contributed by atoms with van der Waals surface area (Å²) in [7, 11) is 0. The fourth-order valence-corrected chi connectivity index (χ4v) is 1.54. The molecule has 0 atom stereocenters. The molecule has 0 amide bonds. The number of aliphatic hydroxyl groups excluding tert-OH is 1. The Morgan fingerprint density at radius 2 is 1.90 bits per heavy atom. The summed E-state index contributed by atoms with van der Waals surface area (Å²) in [4.78, 5) is 25.8. The molecule has 0 fully saturated rings. The van der Waals surface area contributed by atoms with Crippen LogP contribution in [0.2, 0.25) is 0 Å². The Balaban J connectivity index is 2.11. The molecule has 0 radical (unpaired) electrons. The van der Waals surface area contributed by atoms with Crippen molar-refractivity contribution in [2.24, 2.45) is 0 Å². The zero-order valence-electron chi connectivity index (χ0n) is 10.6. The Bertz CT molecular complexity index is 702. The maximum absolute atomic E-state index is 12.8. The Kier molecular flexibility index (Phi) is 4.13. The highest BCUT2D eigenvalue weighted by Gasteiger charge is 2.14.